The first-order chi connectivity index (χ1) is 16.2. The number of halogens is 3. The molecule has 0 saturated heterocycles. The molecule has 4 rings (SSSR count). The topological polar surface area (TPSA) is 72.7 Å². The van der Waals surface area contributed by atoms with E-state index in [1.54, 1.807) is 0 Å². The Morgan fingerprint density at radius 1 is 1.09 bits per heavy atom. The molecule has 34 heavy (non-hydrogen) atoms. The summed E-state index contributed by atoms with van der Waals surface area (Å²) < 4.78 is 38.9. The number of thioether (sulfide) groups is 1. The van der Waals surface area contributed by atoms with Crippen molar-refractivity contribution in [1.82, 2.24) is 25.1 Å². The van der Waals surface area contributed by atoms with Crippen LogP contribution in [0.5, 0.6) is 0 Å². The minimum absolute atomic E-state index is 0.195. The Hall–Kier alpha value is -3.40. The molecule has 0 aliphatic heterocycles. The highest BCUT2D eigenvalue weighted by atomic mass is 32.2. The summed E-state index contributed by atoms with van der Waals surface area (Å²) >= 11 is 1.05. The number of hydrogen-bond donors (Lipinski definition) is 1. The maximum absolute atomic E-state index is 12.3. The monoisotopic (exact) mass is 485 g/mol. The molecule has 1 N–H and O–H groups in total. The fraction of sp³-hybridized carbons (Fsp3) is 0.250. The Kier molecular flexibility index (Phi) is 6.87. The standard InChI is InChI=1S/C24H22F3N5OS/c1-3-32-22(30-31-23(32)34-13-21(33)28-14-24(25,26)27)18-12-20(16-10-8-15(2)9-11-16)29-19-7-5-4-6-17(18)19/h4-12H,3,13-14H2,1-2H3,(H,28,33). The molecule has 0 unspecified atom stereocenters. The van der Waals surface area contributed by atoms with Gasteiger partial charge in [0.05, 0.1) is 17.0 Å². The number of aryl methyl sites for hydroxylation is 1. The number of hydrogen-bond acceptors (Lipinski definition) is 5. The number of pyridine rings is 1. The Morgan fingerprint density at radius 2 is 1.82 bits per heavy atom. The van der Waals surface area contributed by atoms with Gasteiger partial charge in [-0.05, 0) is 26.0 Å². The lowest BCUT2D eigenvalue weighted by Gasteiger charge is -2.12. The summed E-state index contributed by atoms with van der Waals surface area (Å²) in [7, 11) is 0. The number of para-hydroxylation sites is 1. The van der Waals surface area contributed by atoms with Crippen LogP contribution in [0.3, 0.4) is 0 Å². The number of nitrogens with zero attached hydrogens (tertiary/aromatic N) is 4. The van der Waals surface area contributed by atoms with Crippen LogP contribution in [0, 0.1) is 6.92 Å². The van der Waals surface area contributed by atoms with E-state index in [9.17, 15) is 18.0 Å². The highest BCUT2D eigenvalue weighted by Gasteiger charge is 2.27. The predicted octanol–water partition coefficient (Wildman–Crippen LogP) is 5.26. The molecule has 1 amide bonds. The van der Waals surface area contributed by atoms with Crippen molar-refractivity contribution in [3.63, 3.8) is 0 Å². The Labute approximate surface area is 198 Å². The molecule has 0 spiro atoms. The molecule has 0 aliphatic carbocycles. The lowest BCUT2D eigenvalue weighted by atomic mass is 10.0. The Bertz CT molecular complexity index is 1320. The molecule has 0 radical (unpaired) electrons. The maximum Gasteiger partial charge on any atom is 0.405 e. The number of nitrogens with one attached hydrogen (secondary N) is 1. The van der Waals surface area contributed by atoms with Gasteiger partial charge in [0, 0.05) is 23.1 Å². The molecule has 2 aromatic heterocycles. The first kappa shape index (κ1) is 23.7. The van der Waals surface area contributed by atoms with Crippen LogP contribution in [0.1, 0.15) is 12.5 Å². The van der Waals surface area contributed by atoms with Crippen LogP contribution in [0.2, 0.25) is 0 Å². The van der Waals surface area contributed by atoms with Crippen molar-refractivity contribution in [2.75, 3.05) is 12.3 Å². The number of alkyl halides is 3. The fourth-order valence-electron chi connectivity index (χ4n) is 3.49. The molecule has 0 atom stereocenters. The average Bonchev–Trinajstić information content (AvgIpc) is 3.23. The van der Waals surface area contributed by atoms with E-state index in [2.05, 4.69) is 10.2 Å². The molecule has 2 heterocycles. The van der Waals surface area contributed by atoms with Crippen molar-refractivity contribution in [3.8, 4) is 22.6 Å². The second kappa shape index (κ2) is 9.84. The van der Waals surface area contributed by atoms with Gasteiger partial charge in [0.15, 0.2) is 11.0 Å². The van der Waals surface area contributed by atoms with Crippen molar-refractivity contribution in [3.05, 3.63) is 60.2 Å². The van der Waals surface area contributed by atoms with E-state index in [-0.39, 0.29) is 5.75 Å². The first-order valence-electron chi connectivity index (χ1n) is 10.6. The zero-order valence-electron chi connectivity index (χ0n) is 18.6. The summed E-state index contributed by atoms with van der Waals surface area (Å²) in [6.45, 7) is 3.11. The van der Waals surface area contributed by atoms with Crippen molar-refractivity contribution in [2.24, 2.45) is 0 Å². The Morgan fingerprint density at radius 3 is 2.53 bits per heavy atom. The third kappa shape index (κ3) is 5.39. The van der Waals surface area contributed by atoms with Crippen molar-refractivity contribution in [2.45, 2.75) is 31.7 Å². The molecule has 10 heteroatoms. The van der Waals surface area contributed by atoms with Gasteiger partial charge in [0.25, 0.3) is 0 Å². The van der Waals surface area contributed by atoms with Gasteiger partial charge in [-0.1, -0.05) is 59.8 Å². The summed E-state index contributed by atoms with van der Waals surface area (Å²) in [5.41, 5.74) is 4.55. The highest BCUT2D eigenvalue weighted by Crippen LogP contribution is 2.33. The van der Waals surface area contributed by atoms with Gasteiger partial charge in [-0.15, -0.1) is 10.2 Å². The lowest BCUT2D eigenvalue weighted by Crippen LogP contribution is -2.34. The van der Waals surface area contributed by atoms with Crippen LogP contribution in [0.15, 0.2) is 59.8 Å². The summed E-state index contributed by atoms with van der Waals surface area (Å²) in [5, 5.41) is 11.8. The first-order valence-corrected chi connectivity index (χ1v) is 11.6. The zero-order chi connectivity index (χ0) is 24.3. The number of benzene rings is 2. The van der Waals surface area contributed by atoms with E-state index < -0.39 is 18.6 Å². The van der Waals surface area contributed by atoms with Gasteiger partial charge in [-0.2, -0.15) is 13.2 Å². The Balaban J connectivity index is 1.68. The number of aromatic nitrogens is 4. The van der Waals surface area contributed by atoms with Crippen LogP contribution >= 0.6 is 11.8 Å². The van der Waals surface area contributed by atoms with E-state index in [0.29, 0.717) is 17.5 Å². The minimum Gasteiger partial charge on any atom is -0.346 e. The SMILES string of the molecule is CCn1c(SCC(=O)NCC(F)(F)F)nnc1-c1cc(-c2ccc(C)cc2)nc2ccccc12. The van der Waals surface area contributed by atoms with Crippen LogP contribution in [0.25, 0.3) is 33.5 Å². The summed E-state index contributed by atoms with van der Waals surface area (Å²) in [4.78, 5) is 16.7. The van der Waals surface area contributed by atoms with E-state index in [1.165, 1.54) is 0 Å². The van der Waals surface area contributed by atoms with Crippen LogP contribution in [-0.2, 0) is 11.3 Å². The third-order valence-corrected chi connectivity index (χ3v) is 6.12. The largest absolute Gasteiger partial charge is 0.405 e. The highest BCUT2D eigenvalue weighted by molar-refractivity contribution is 7.99. The molecular formula is C24H22F3N5OS. The van der Waals surface area contributed by atoms with Crippen molar-refractivity contribution >= 4 is 28.6 Å². The van der Waals surface area contributed by atoms with E-state index in [1.807, 2.05) is 78.3 Å². The van der Waals surface area contributed by atoms with Gasteiger partial charge in [-0.3, -0.25) is 4.79 Å². The smallest absolute Gasteiger partial charge is 0.346 e. The molecule has 4 aromatic rings. The van der Waals surface area contributed by atoms with Gasteiger partial charge >= 0.3 is 6.18 Å². The molecule has 2 aromatic carbocycles. The molecule has 0 bridgehead atoms. The number of amides is 1. The van der Waals surface area contributed by atoms with Gasteiger partial charge in [0.1, 0.15) is 6.54 Å². The van der Waals surface area contributed by atoms with E-state index in [0.717, 1.165) is 45.0 Å². The van der Waals surface area contributed by atoms with Gasteiger partial charge in [0.2, 0.25) is 5.91 Å². The van der Waals surface area contributed by atoms with E-state index >= 15 is 0 Å². The molecule has 0 aliphatic rings. The minimum atomic E-state index is -4.45. The van der Waals surface area contributed by atoms with Gasteiger partial charge in [-0.25, -0.2) is 4.98 Å². The number of carbonyl (C=O) groups excluding carboxylic acids is 1. The van der Waals surface area contributed by atoms with E-state index in [4.69, 9.17) is 4.98 Å². The summed E-state index contributed by atoms with van der Waals surface area (Å²) in [5.74, 6) is -0.307. The second-order valence-corrected chi connectivity index (χ2v) is 8.61. The summed E-state index contributed by atoms with van der Waals surface area (Å²) in [6.07, 6.45) is -4.45. The fourth-order valence-corrected chi connectivity index (χ4v) is 4.32. The molecule has 6 nitrogen and oxygen atoms in total. The molecule has 0 saturated carbocycles. The molecule has 0 fully saturated rings. The maximum atomic E-state index is 12.3. The van der Waals surface area contributed by atoms with Crippen molar-refractivity contribution < 1.29 is 18.0 Å². The average molecular weight is 486 g/mol. The quantitative estimate of drug-likeness (QED) is 0.362. The molecular weight excluding hydrogens is 463 g/mol. The van der Waals surface area contributed by atoms with Crippen LogP contribution < -0.4 is 5.32 Å². The zero-order valence-corrected chi connectivity index (χ0v) is 19.4. The number of fused-ring (bicyclic) bond motifs is 1. The van der Waals surface area contributed by atoms with Crippen molar-refractivity contribution in [1.29, 1.82) is 0 Å². The van der Waals surface area contributed by atoms with Gasteiger partial charge < -0.3 is 9.88 Å². The number of carbonyl (C=O) groups is 1. The molecule has 176 valence electrons. The van der Waals surface area contributed by atoms with Crippen LogP contribution in [-0.4, -0.2) is 44.1 Å². The third-order valence-electron chi connectivity index (χ3n) is 5.16. The summed E-state index contributed by atoms with van der Waals surface area (Å²) in [6, 6.07) is 17.8. The normalized spacial score (nSPS) is 11.7. The second-order valence-electron chi connectivity index (χ2n) is 7.67. The predicted molar refractivity (Wildman–Crippen MR) is 126 cm³/mol. The lowest BCUT2D eigenvalue weighted by molar-refractivity contribution is -0.136. The van der Waals surface area contributed by atoms with Crippen LogP contribution in [0.4, 0.5) is 13.2 Å². The number of rotatable bonds is 7.